The van der Waals surface area contributed by atoms with Gasteiger partial charge in [0.05, 0.1) is 12.0 Å². The van der Waals surface area contributed by atoms with Crippen LogP contribution in [-0.2, 0) is 0 Å². The van der Waals surface area contributed by atoms with Gasteiger partial charge in [-0.25, -0.2) is 0 Å². The normalized spacial score (nSPS) is 21.8. The average Bonchev–Trinajstić information content (AvgIpc) is 2.98. The molecule has 0 spiro atoms. The Bertz CT molecular complexity index is 543. The van der Waals surface area contributed by atoms with Gasteiger partial charge in [-0.2, -0.15) is 5.26 Å². The predicted molar refractivity (Wildman–Crippen MR) is 80.8 cm³/mol. The van der Waals surface area contributed by atoms with Gasteiger partial charge in [-0.05, 0) is 29.9 Å². The number of nitriles is 1. The van der Waals surface area contributed by atoms with Gasteiger partial charge in [0.15, 0.2) is 0 Å². The highest BCUT2D eigenvalue weighted by molar-refractivity contribution is 5.47. The van der Waals surface area contributed by atoms with Crippen LogP contribution in [0.15, 0.2) is 60.7 Å². The highest BCUT2D eigenvalue weighted by atomic mass is 14.4. The molecule has 0 aromatic heterocycles. The third-order valence-electron chi connectivity index (χ3n) is 4.22. The van der Waals surface area contributed by atoms with Crippen LogP contribution >= 0.6 is 0 Å². The molecule has 3 rings (SSSR count). The summed E-state index contributed by atoms with van der Waals surface area (Å²) in [6, 6.07) is 23.6. The summed E-state index contributed by atoms with van der Waals surface area (Å²) in [7, 11) is 0. The van der Waals surface area contributed by atoms with Crippen LogP contribution < -0.4 is 0 Å². The fourth-order valence-electron chi connectivity index (χ4n) is 3.29. The van der Waals surface area contributed by atoms with Crippen molar-refractivity contribution >= 4 is 0 Å². The predicted octanol–water partition coefficient (Wildman–Crippen LogP) is 4.60. The topological polar surface area (TPSA) is 23.8 Å². The summed E-state index contributed by atoms with van der Waals surface area (Å²) in [5, 5.41) is 9.42. The number of hydrogen-bond donors (Lipinski definition) is 0. The molecule has 2 unspecified atom stereocenters. The minimum absolute atomic E-state index is 0.158. The third-order valence-corrected chi connectivity index (χ3v) is 4.22. The van der Waals surface area contributed by atoms with Crippen molar-refractivity contribution in [3.63, 3.8) is 0 Å². The van der Waals surface area contributed by atoms with Crippen molar-refractivity contribution in [3.8, 4) is 6.07 Å². The summed E-state index contributed by atoms with van der Waals surface area (Å²) < 4.78 is 0. The second-order valence-electron chi connectivity index (χ2n) is 5.42. The van der Waals surface area contributed by atoms with Gasteiger partial charge < -0.3 is 0 Å². The average molecular weight is 260 g/mol. The molecule has 0 aliphatic heterocycles. The van der Waals surface area contributed by atoms with Crippen molar-refractivity contribution in [3.05, 3.63) is 77.7 Å². The van der Waals surface area contributed by atoms with Gasteiger partial charge in [0.25, 0.3) is 0 Å². The SMILES string of the molecule is N#CC1CCCC1[C](c1ccccc1)c1ccccc1. The molecule has 2 aromatic carbocycles. The van der Waals surface area contributed by atoms with Gasteiger partial charge in [-0.3, -0.25) is 0 Å². The minimum atomic E-state index is 0.158. The molecule has 1 fully saturated rings. The number of hydrogen-bond acceptors (Lipinski definition) is 1. The van der Waals surface area contributed by atoms with Gasteiger partial charge in [-0.15, -0.1) is 0 Å². The molecule has 20 heavy (non-hydrogen) atoms. The molecular weight excluding hydrogens is 242 g/mol. The summed E-state index contributed by atoms with van der Waals surface area (Å²) in [5.74, 6) is 1.87. The van der Waals surface area contributed by atoms with E-state index in [4.69, 9.17) is 0 Å². The Kier molecular flexibility index (Phi) is 3.83. The van der Waals surface area contributed by atoms with Gasteiger partial charge in [-0.1, -0.05) is 67.1 Å². The first-order chi connectivity index (χ1) is 9.90. The quantitative estimate of drug-likeness (QED) is 0.791. The molecule has 1 radical (unpaired) electrons. The summed E-state index contributed by atoms with van der Waals surface area (Å²) in [6.07, 6.45) is 3.31. The third kappa shape index (κ3) is 2.47. The lowest BCUT2D eigenvalue weighted by atomic mass is 9.76. The smallest absolute Gasteiger partial charge is 0.0659 e. The van der Waals surface area contributed by atoms with Crippen molar-refractivity contribution in [1.29, 1.82) is 5.26 Å². The van der Waals surface area contributed by atoms with Crippen molar-refractivity contribution in [2.45, 2.75) is 19.3 Å². The fourth-order valence-corrected chi connectivity index (χ4v) is 3.29. The van der Waals surface area contributed by atoms with Crippen LogP contribution in [0, 0.1) is 29.1 Å². The lowest BCUT2D eigenvalue weighted by Crippen LogP contribution is -2.18. The molecule has 2 aromatic rings. The monoisotopic (exact) mass is 260 g/mol. The van der Waals surface area contributed by atoms with Gasteiger partial charge >= 0.3 is 0 Å². The van der Waals surface area contributed by atoms with Gasteiger partial charge in [0.2, 0.25) is 0 Å². The van der Waals surface area contributed by atoms with E-state index in [1.54, 1.807) is 0 Å². The molecule has 0 amide bonds. The van der Waals surface area contributed by atoms with Gasteiger partial charge in [0.1, 0.15) is 0 Å². The van der Waals surface area contributed by atoms with E-state index in [1.807, 2.05) is 12.1 Å². The lowest BCUT2D eigenvalue weighted by Gasteiger charge is -2.26. The zero-order valence-electron chi connectivity index (χ0n) is 11.5. The molecule has 0 bridgehead atoms. The summed E-state index contributed by atoms with van der Waals surface area (Å²) in [4.78, 5) is 0. The van der Waals surface area contributed by atoms with Crippen LogP contribution in [0.3, 0.4) is 0 Å². The Morgan fingerprint density at radius 3 is 1.90 bits per heavy atom. The van der Waals surface area contributed by atoms with E-state index in [0.29, 0.717) is 5.92 Å². The largest absolute Gasteiger partial charge is 0.198 e. The Labute approximate surface area is 120 Å². The molecule has 0 heterocycles. The van der Waals surface area contributed by atoms with Crippen molar-refractivity contribution < 1.29 is 0 Å². The first-order valence-electron chi connectivity index (χ1n) is 7.27. The highest BCUT2D eigenvalue weighted by Gasteiger charge is 2.35. The molecule has 1 heteroatoms. The second kappa shape index (κ2) is 5.92. The van der Waals surface area contributed by atoms with Crippen LogP contribution in [-0.4, -0.2) is 0 Å². The highest BCUT2D eigenvalue weighted by Crippen LogP contribution is 2.43. The van der Waals surface area contributed by atoms with E-state index < -0.39 is 0 Å². The molecule has 0 saturated heterocycles. The molecule has 1 saturated carbocycles. The van der Waals surface area contributed by atoms with Crippen molar-refractivity contribution in [2.24, 2.45) is 11.8 Å². The van der Waals surface area contributed by atoms with E-state index >= 15 is 0 Å². The maximum atomic E-state index is 9.42. The number of rotatable bonds is 3. The zero-order chi connectivity index (χ0) is 13.8. The van der Waals surface area contributed by atoms with E-state index in [0.717, 1.165) is 19.3 Å². The summed E-state index contributed by atoms with van der Waals surface area (Å²) in [5.41, 5.74) is 2.51. The second-order valence-corrected chi connectivity index (χ2v) is 5.42. The van der Waals surface area contributed by atoms with E-state index in [1.165, 1.54) is 17.0 Å². The summed E-state index contributed by atoms with van der Waals surface area (Å²) in [6.45, 7) is 0. The maximum Gasteiger partial charge on any atom is 0.0659 e. The molecule has 0 N–H and O–H groups in total. The van der Waals surface area contributed by atoms with Crippen LogP contribution in [0.5, 0.6) is 0 Å². The van der Waals surface area contributed by atoms with E-state index in [2.05, 4.69) is 54.6 Å². The van der Waals surface area contributed by atoms with Crippen LogP contribution in [0.1, 0.15) is 30.4 Å². The summed E-state index contributed by atoms with van der Waals surface area (Å²) >= 11 is 0. The Hall–Kier alpha value is -2.07. The van der Waals surface area contributed by atoms with Crippen molar-refractivity contribution in [2.75, 3.05) is 0 Å². The zero-order valence-corrected chi connectivity index (χ0v) is 11.5. The molecule has 99 valence electrons. The number of nitrogens with zero attached hydrogens (tertiary/aromatic N) is 1. The first-order valence-corrected chi connectivity index (χ1v) is 7.27. The lowest BCUT2D eigenvalue weighted by molar-refractivity contribution is 0.507. The van der Waals surface area contributed by atoms with Crippen molar-refractivity contribution in [1.82, 2.24) is 0 Å². The van der Waals surface area contributed by atoms with Gasteiger partial charge in [0, 0.05) is 5.92 Å². The van der Waals surface area contributed by atoms with E-state index in [9.17, 15) is 5.26 Å². The minimum Gasteiger partial charge on any atom is -0.198 e. The Balaban J connectivity index is 2.03. The number of benzene rings is 2. The standard InChI is InChI=1S/C19H18N/c20-14-17-12-7-13-18(17)19(15-8-3-1-4-9-15)16-10-5-2-6-11-16/h1-6,8-11,17-18H,7,12-13H2. The molecule has 1 nitrogen and oxygen atoms in total. The fraction of sp³-hybridized carbons (Fsp3) is 0.263. The molecule has 2 atom stereocenters. The van der Waals surface area contributed by atoms with Crippen LogP contribution in [0.4, 0.5) is 0 Å². The van der Waals surface area contributed by atoms with Crippen LogP contribution in [0.2, 0.25) is 0 Å². The Morgan fingerprint density at radius 2 is 1.40 bits per heavy atom. The molecule has 1 aliphatic rings. The van der Waals surface area contributed by atoms with Crippen LogP contribution in [0.25, 0.3) is 0 Å². The first kappa shape index (κ1) is 12.9. The molecule has 1 aliphatic carbocycles. The Morgan fingerprint density at radius 1 is 0.850 bits per heavy atom. The molecular formula is C19H18N. The van der Waals surface area contributed by atoms with E-state index in [-0.39, 0.29) is 5.92 Å². The maximum absolute atomic E-state index is 9.42.